The summed E-state index contributed by atoms with van der Waals surface area (Å²) in [4.78, 5) is 10.9. The van der Waals surface area contributed by atoms with E-state index >= 15 is 0 Å². The van der Waals surface area contributed by atoms with Crippen molar-refractivity contribution >= 4 is 5.97 Å². The molecule has 0 aliphatic rings. The maximum Gasteiger partial charge on any atom is 0.336 e. The number of carboxylic acid groups (broad SMARTS) is 1. The third-order valence-corrected chi connectivity index (χ3v) is 2.27. The average molecular weight is 205 g/mol. The van der Waals surface area contributed by atoms with Crippen molar-refractivity contribution in [1.82, 2.24) is 0 Å². The molecule has 1 rings (SSSR count). The van der Waals surface area contributed by atoms with E-state index in [2.05, 4.69) is 0 Å². The number of ether oxygens (including phenoxy) is 1. The van der Waals surface area contributed by atoms with Gasteiger partial charge < -0.3 is 9.84 Å². The van der Waals surface area contributed by atoms with Crippen LogP contribution in [0, 0.1) is 25.2 Å². The van der Waals surface area contributed by atoms with Gasteiger partial charge in [0.1, 0.15) is 11.8 Å². The first-order valence-corrected chi connectivity index (χ1v) is 4.34. The maximum atomic E-state index is 10.9. The molecule has 0 heterocycles. The zero-order valence-corrected chi connectivity index (χ0v) is 8.79. The molecule has 15 heavy (non-hydrogen) atoms. The highest BCUT2D eigenvalue weighted by atomic mass is 16.5. The molecule has 0 atom stereocenters. The fraction of sp³-hybridized carbons (Fsp3) is 0.273. The summed E-state index contributed by atoms with van der Waals surface area (Å²) in [5.74, 6) is -0.673. The van der Waals surface area contributed by atoms with Crippen molar-refractivity contribution in [3.63, 3.8) is 0 Å². The number of hydrogen-bond donors (Lipinski definition) is 1. The Balaban J connectivity index is 3.60. The summed E-state index contributed by atoms with van der Waals surface area (Å²) in [6, 6.07) is 3.49. The van der Waals surface area contributed by atoms with Gasteiger partial charge in [-0.25, -0.2) is 4.79 Å². The fourth-order valence-corrected chi connectivity index (χ4v) is 1.50. The lowest BCUT2D eigenvalue weighted by atomic mass is 9.99. The number of aromatic carboxylic acids is 1. The molecule has 0 bridgehead atoms. The number of nitrogens with zero attached hydrogens (tertiary/aromatic N) is 1. The lowest BCUT2D eigenvalue weighted by Gasteiger charge is -2.11. The van der Waals surface area contributed by atoms with Crippen molar-refractivity contribution < 1.29 is 14.6 Å². The van der Waals surface area contributed by atoms with Crippen LogP contribution >= 0.6 is 0 Å². The first kappa shape index (κ1) is 11.1. The number of nitriles is 1. The molecule has 4 nitrogen and oxygen atoms in total. The molecule has 78 valence electrons. The molecular weight excluding hydrogens is 194 g/mol. The summed E-state index contributed by atoms with van der Waals surface area (Å²) >= 11 is 0. The quantitative estimate of drug-likeness (QED) is 0.800. The molecule has 4 heteroatoms. The molecule has 0 saturated carbocycles. The number of hydrogen-bond acceptors (Lipinski definition) is 3. The molecular formula is C11H11NO3. The standard InChI is InChI=1S/C11H11NO3/c1-6-4-8(11(13)14)7(2)10(15-3)9(6)5-12/h4H,1-3H3,(H,13,14). The van der Waals surface area contributed by atoms with E-state index in [1.807, 2.05) is 6.07 Å². The van der Waals surface area contributed by atoms with E-state index in [1.54, 1.807) is 13.8 Å². The first-order valence-electron chi connectivity index (χ1n) is 4.34. The van der Waals surface area contributed by atoms with Gasteiger partial charge in [-0.2, -0.15) is 5.26 Å². The second-order valence-electron chi connectivity index (χ2n) is 3.19. The molecule has 0 aromatic heterocycles. The Morgan fingerprint density at radius 2 is 2.13 bits per heavy atom. The number of carboxylic acids is 1. The Kier molecular flexibility index (Phi) is 2.96. The normalized spacial score (nSPS) is 9.47. The van der Waals surface area contributed by atoms with Gasteiger partial charge in [0, 0.05) is 5.56 Å². The van der Waals surface area contributed by atoms with E-state index in [0.717, 1.165) is 0 Å². The zero-order chi connectivity index (χ0) is 11.6. The Morgan fingerprint density at radius 3 is 2.53 bits per heavy atom. The SMILES string of the molecule is COc1c(C)c(C(=O)O)cc(C)c1C#N. The molecule has 0 radical (unpaired) electrons. The monoisotopic (exact) mass is 205 g/mol. The second-order valence-corrected chi connectivity index (χ2v) is 3.19. The van der Waals surface area contributed by atoms with Crippen LogP contribution in [0.1, 0.15) is 27.0 Å². The predicted octanol–water partition coefficient (Wildman–Crippen LogP) is 1.88. The molecule has 0 amide bonds. The summed E-state index contributed by atoms with van der Waals surface area (Å²) in [5.41, 5.74) is 1.65. The van der Waals surface area contributed by atoms with Crippen molar-refractivity contribution in [2.24, 2.45) is 0 Å². The summed E-state index contributed by atoms with van der Waals surface area (Å²) in [5, 5.41) is 17.8. The minimum Gasteiger partial charge on any atom is -0.495 e. The van der Waals surface area contributed by atoms with Crippen LogP contribution in [0.2, 0.25) is 0 Å². The largest absolute Gasteiger partial charge is 0.495 e. The van der Waals surface area contributed by atoms with E-state index in [4.69, 9.17) is 15.1 Å². The van der Waals surface area contributed by atoms with Gasteiger partial charge in [-0.1, -0.05) is 0 Å². The van der Waals surface area contributed by atoms with Crippen molar-refractivity contribution in [1.29, 1.82) is 5.26 Å². The lowest BCUT2D eigenvalue weighted by molar-refractivity contribution is 0.0695. The van der Waals surface area contributed by atoms with Crippen LogP contribution in [-0.2, 0) is 0 Å². The number of rotatable bonds is 2. The van der Waals surface area contributed by atoms with Crippen molar-refractivity contribution in [3.8, 4) is 11.8 Å². The fourth-order valence-electron chi connectivity index (χ4n) is 1.50. The van der Waals surface area contributed by atoms with Crippen LogP contribution in [0.5, 0.6) is 5.75 Å². The Labute approximate surface area is 87.7 Å². The van der Waals surface area contributed by atoms with Crippen molar-refractivity contribution in [2.75, 3.05) is 7.11 Å². The van der Waals surface area contributed by atoms with Crippen LogP contribution < -0.4 is 4.74 Å². The molecule has 1 N–H and O–H groups in total. The van der Waals surface area contributed by atoms with Crippen LogP contribution in [0.15, 0.2) is 6.07 Å². The lowest BCUT2D eigenvalue weighted by Crippen LogP contribution is -2.04. The minimum absolute atomic E-state index is 0.170. The summed E-state index contributed by atoms with van der Waals surface area (Å²) in [6.45, 7) is 3.31. The molecule has 0 saturated heterocycles. The zero-order valence-electron chi connectivity index (χ0n) is 8.79. The first-order chi connectivity index (χ1) is 7.02. The van der Waals surface area contributed by atoms with E-state index in [-0.39, 0.29) is 5.56 Å². The van der Waals surface area contributed by atoms with Crippen LogP contribution in [0.25, 0.3) is 0 Å². The van der Waals surface area contributed by atoms with Crippen LogP contribution in [0.3, 0.4) is 0 Å². The van der Waals surface area contributed by atoms with E-state index in [1.165, 1.54) is 13.2 Å². The van der Waals surface area contributed by atoms with Gasteiger partial charge in [0.05, 0.1) is 18.2 Å². The molecule has 0 aliphatic carbocycles. The van der Waals surface area contributed by atoms with Gasteiger partial charge in [-0.15, -0.1) is 0 Å². The summed E-state index contributed by atoms with van der Waals surface area (Å²) in [6.07, 6.45) is 0. The molecule has 0 spiro atoms. The summed E-state index contributed by atoms with van der Waals surface area (Å²) < 4.78 is 5.05. The number of methoxy groups -OCH3 is 1. The average Bonchev–Trinajstić information content (AvgIpc) is 2.19. The van der Waals surface area contributed by atoms with Gasteiger partial charge in [0.15, 0.2) is 0 Å². The number of carbonyl (C=O) groups is 1. The third-order valence-electron chi connectivity index (χ3n) is 2.27. The Hall–Kier alpha value is -2.02. The maximum absolute atomic E-state index is 10.9. The molecule has 0 aliphatic heterocycles. The molecule has 1 aromatic carbocycles. The van der Waals surface area contributed by atoms with E-state index in [9.17, 15) is 4.79 Å². The van der Waals surface area contributed by atoms with Crippen LogP contribution in [-0.4, -0.2) is 18.2 Å². The van der Waals surface area contributed by atoms with Gasteiger partial charge in [-0.05, 0) is 25.5 Å². The second kappa shape index (κ2) is 4.01. The topological polar surface area (TPSA) is 70.3 Å². The smallest absolute Gasteiger partial charge is 0.336 e. The number of aryl methyl sites for hydroxylation is 1. The minimum atomic E-state index is -1.02. The van der Waals surface area contributed by atoms with Gasteiger partial charge in [0.2, 0.25) is 0 Å². The van der Waals surface area contributed by atoms with Gasteiger partial charge in [0.25, 0.3) is 0 Å². The van der Waals surface area contributed by atoms with Gasteiger partial charge in [-0.3, -0.25) is 0 Å². The summed E-state index contributed by atoms with van der Waals surface area (Å²) in [7, 11) is 1.42. The third kappa shape index (κ3) is 1.77. The highest BCUT2D eigenvalue weighted by Crippen LogP contribution is 2.28. The van der Waals surface area contributed by atoms with E-state index in [0.29, 0.717) is 22.4 Å². The van der Waals surface area contributed by atoms with E-state index < -0.39 is 5.97 Å². The molecule has 0 fully saturated rings. The van der Waals surface area contributed by atoms with Crippen LogP contribution in [0.4, 0.5) is 0 Å². The Morgan fingerprint density at radius 1 is 1.53 bits per heavy atom. The molecule has 1 aromatic rings. The van der Waals surface area contributed by atoms with Crippen molar-refractivity contribution in [2.45, 2.75) is 13.8 Å². The molecule has 0 unspecified atom stereocenters. The Bertz CT molecular complexity index is 458. The van der Waals surface area contributed by atoms with Crippen molar-refractivity contribution in [3.05, 3.63) is 28.3 Å². The van der Waals surface area contributed by atoms with Gasteiger partial charge >= 0.3 is 5.97 Å². The highest BCUT2D eigenvalue weighted by Gasteiger charge is 2.17. The predicted molar refractivity (Wildman–Crippen MR) is 54.1 cm³/mol. The number of benzene rings is 1. The highest BCUT2D eigenvalue weighted by molar-refractivity contribution is 5.91.